The zero-order chi connectivity index (χ0) is 16.3. The summed E-state index contributed by atoms with van der Waals surface area (Å²) in [5.41, 5.74) is 0.778. The number of carbonyl (C=O) groups is 2. The molecule has 1 aliphatic heterocycles. The molecule has 0 aliphatic carbocycles. The smallest absolute Gasteiger partial charge is 0.435 e. The predicted molar refractivity (Wildman–Crippen MR) is 79.9 cm³/mol. The summed E-state index contributed by atoms with van der Waals surface area (Å²) in [5.74, 6) is -0.175. The third kappa shape index (κ3) is 4.17. The minimum atomic E-state index is -0.593. The van der Waals surface area contributed by atoms with Crippen LogP contribution in [0.15, 0.2) is 18.5 Å². The number of hydrogen-bond acceptors (Lipinski definition) is 5. The number of ether oxygens (including phenoxy) is 1. The highest BCUT2D eigenvalue weighted by Crippen LogP contribution is 2.32. The zero-order valence-electron chi connectivity index (χ0n) is 13.3. The molecule has 0 radical (unpaired) electrons. The minimum absolute atomic E-state index is 0.175. The Balaban J connectivity index is 2.16. The van der Waals surface area contributed by atoms with Gasteiger partial charge in [-0.1, -0.05) is 0 Å². The van der Waals surface area contributed by atoms with Crippen molar-refractivity contribution < 1.29 is 19.2 Å². The molecule has 0 unspecified atom stereocenters. The molecule has 0 saturated carbocycles. The fourth-order valence-corrected chi connectivity index (χ4v) is 2.17. The lowest BCUT2D eigenvalue weighted by molar-refractivity contribution is -0.125. The van der Waals surface area contributed by atoms with Crippen molar-refractivity contribution in [3.05, 3.63) is 24.0 Å². The van der Waals surface area contributed by atoms with Crippen LogP contribution >= 0.6 is 0 Å². The Morgan fingerprint density at radius 3 is 2.77 bits per heavy atom. The van der Waals surface area contributed by atoms with E-state index in [0.717, 1.165) is 5.56 Å². The first-order chi connectivity index (χ1) is 10.3. The molecule has 1 atom stereocenters. The van der Waals surface area contributed by atoms with Gasteiger partial charge >= 0.3 is 6.09 Å². The Hall–Kier alpha value is -2.15. The number of hydroxylamine groups is 2. The van der Waals surface area contributed by atoms with Crippen molar-refractivity contribution in [3.8, 4) is 0 Å². The topological polar surface area (TPSA) is 80.8 Å². The van der Waals surface area contributed by atoms with E-state index in [4.69, 9.17) is 9.57 Å². The van der Waals surface area contributed by atoms with Gasteiger partial charge in [0.25, 0.3) is 0 Å². The van der Waals surface area contributed by atoms with Crippen molar-refractivity contribution >= 4 is 17.7 Å². The van der Waals surface area contributed by atoms with Crippen molar-refractivity contribution in [1.29, 1.82) is 0 Å². The molecule has 1 aromatic heterocycles. The second kappa shape index (κ2) is 6.31. The third-order valence-electron chi connectivity index (χ3n) is 2.94. The Kier molecular flexibility index (Phi) is 4.65. The number of hydrogen-bond donors (Lipinski definition) is 1. The molecule has 0 aromatic carbocycles. The first-order valence-corrected chi connectivity index (χ1v) is 7.14. The van der Waals surface area contributed by atoms with E-state index in [9.17, 15) is 9.59 Å². The van der Waals surface area contributed by atoms with E-state index in [0.29, 0.717) is 18.7 Å². The number of aromatic nitrogens is 1. The zero-order valence-corrected chi connectivity index (χ0v) is 13.3. The monoisotopic (exact) mass is 307 g/mol. The fraction of sp³-hybridized carbons (Fsp3) is 0.533. The maximum atomic E-state index is 12.2. The van der Waals surface area contributed by atoms with E-state index in [1.165, 1.54) is 12.0 Å². The van der Waals surface area contributed by atoms with Crippen LogP contribution < -0.4 is 5.32 Å². The van der Waals surface area contributed by atoms with Gasteiger partial charge in [-0.25, -0.2) is 4.79 Å². The SMILES string of the molecule is CC(=O)Nc1cncc([C@@H]2CCON2C(=O)OC(C)(C)C)c1. The largest absolute Gasteiger partial charge is 0.442 e. The van der Waals surface area contributed by atoms with Crippen LogP contribution in [0.5, 0.6) is 0 Å². The van der Waals surface area contributed by atoms with Gasteiger partial charge in [0.2, 0.25) is 5.91 Å². The maximum absolute atomic E-state index is 12.2. The lowest BCUT2D eigenvalue weighted by Gasteiger charge is -2.27. The molecule has 22 heavy (non-hydrogen) atoms. The van der Waals surface area contributed by atoms with E-state index in [-0.39, 0.29) is 11.9 Å². The normalized spacial score (nSPS) is 18.2. The minimum Gasteiger partial charge on any atom is -0.442 e. The summed E-state index contributed by atoms with van der Waals surface area (Å²) >= 11 is 0. The maximum Gasteiger partial charge on any atom is 0.435 e. The molecule has 2 amide bonds. The second-order valence-electron chi connectivity index (χ2n) is 6.13. The summed E-state index contributed by atoms with van der Waals surface area (Å²) in [7, 11) is 0. The molecule has 1 saturated heterocycles. The van der Waals surface area contributed by atoms with Gasteiger partial charge in [-0.2, -0.15) is 5.06 Å². The van der Waals surface area contributed by atoms with Crippen LogP contribution in [0.2, 0.25) is 0 Å². The molecule has 0 bridgehead atoms. The average Bonchev–Trinajstić information content (AvgIpc) is 2.85. The van der Waals surface area contributed by atoms with Crippen LogP contribution in [0, 0.1) is 0 Å². The second-order valence-corrected chi connectivity index (χ2v) is 6.13. The van der Waals surface area contributed by atoms with E-state index < -0.39 is 11.7 Å². The third-order valence-corrected chi connectivity index (χ3v) is 2.94. The number of carbonyl (C=O) groups excluding carboxylic acids is 2. The van der Waals surface area contributed by atoms with Gasteiger partial charge in [-0.3, -0.25) is 14.6 Å². The lowest BCUT2D eigenvalue weighted by atomic mass is 10.1. The summed E-state index contributed by atoms with van der Waals surface area (Å²) in [6.07, 6.45) is 3.32. The molecule has 120 valence electrons. The molecular formula is C15H21N3O4. The number of rotatable bonds is 2. The van der Waals surface area contributed by atoms with Crippen molar-refractivity contribution in [2.24, 2.45) is 0 Å². The van der Waals surface area contributed by atoms with Gasteiger partial charge in [0.15, 0.2) is 0 Å². The summed E-state index contributed by atoms with van der Waals surface area (Å²) in [6.45, 7) is 7.26. The van der Waals surface area contributed by atoms with Gasteiger partial charge < -0.3 is 10.1 Å². The quantitative estimate of drug-likeness (QED) is 0.908. The van der Waals surface area contributed by atoms with Crippen LogP contribution in [0.1, 0.15) is 45.7 Å². The van der Waals surface area contributed by atoms with E-state index in [1.807, 2.05) is 0 Å². The summed E-state index contributed by atoms with van der Waals surface area (Å²) < 4.78 is 5.34. The highest BCUT2D eigenvalue weighted by Gasteiger charge is 2.35. The van der Waals surface area contributed by atoms with Gasteiger partial charge in [-0.15, -0.1) is 0 Å². The van der Waals surface area contributed by atoms with Crippen molar-refractivity contribution in [2.75, 3.05) is 11.9 Å². The molecule has 1 fully saturated rings. The van der Waals surface area contributed by atoms with Crippen molar-refractivity contribution in [1.82, 2.24) is 10.0 Å². The van der Waals surface area contributed by atoms with Gasteiger partial charge in [-0.05, 0) is 32.4 Å². The number of anilines is 1. The number of nitrogens with one attached hydrogen (secondary N) is 1. The Morgan fingerprint density at radius 1 is 1.41 bits per heavy atom. The number of amides is 2. The molecule has 7 nitrogen and oxygen atoms in total. The standard InChI is InChI=1S/C15H21N3O4/c1-10(19)17-12-7-11(8-16-9-12)13-5-6-21-18(13)14(20)22-15(2,3)4/h7-9,13H,5-6H2,1-4H3,(H,17,19)/t13-/m0/s1. The van der Waals surface area contributed by atoms with Gasteiger partial charge in [0, 0.05) is 19.5 Å². The molecule has 1 aromatic rings. The van der Waals surface area contributed by atoms with Crippen LogP contribution in [0.4, 0.5) is 10.5 Å². The highest BCUT2D eigenvalue weighted by atomic mass is 16.7. The Bertz CT molecular complexity index is 568. The number of pyridine rings is 1. The Labute approximate surface area is 129 Å². The van der Waals surface area contributed by atoms with E-state index in [2.05, 4.69) is 10.3 Å². The molecule has 0 spiro atoms. The summed E-state index contributed by atoms with van der Waals surface area (Å²) in [4.78, 5) is 32.8. The molecular weight excluding hydrogens is 286 g/mol. The van der Waals surface area contributed by atoms with Gasteiger partial charge in [0.05, 0.1) is 24.5 Å². The van der Waals surface area contributed by atoms with Crippen molar-refractivity contribution in [3.63, 3.8) is 0 Å². The first kappa shape index (κ1) is 16.2. The van der Waals surface area contributed by atoms with Gasteiger partial charge in [0.1, 0.15) is 5.60 Å². The average molecular weight is 307 g/mol. The molecule has 2 heterocycles. The van der Waals surface area contributed by atoms with E-state index in [1.54, 1.807) is 39.2 Å². The predicted octanol–water partition coefficient (Wildman–Crippen LogP) is 2.65. The highest BCUT2D eigenvalue weighted by molar-refractivity contribution is 5.88. The van der Waals surface area contributed by atoms with Crippen LogP contribution in [-0.2, 0) is 14.4 Å². The van der Waals surface area contributed by atoms with Crippen molar-refractivity contribution in [2.45, 2.75) is 45.8 Å². The van der Waals surface area contributed by atoms with Crippen LogP contribution in [0.25, 0.3) is 0 Å². The van der Waals surface area contributed by atoms with E-state index >= 15 is 0 Å². The fourth-order valence-electron chi connectivity index (χ4n) is 2.17. The molecule has 1 aliphatic rings. The lowest BCUT2D eigenvalue weighted by Crippen LogP contribution is -2.35. The summed E-state index contributed by atoms with van der Waals surface area (Å²) in [5, 5.41) is 3.91. The van der Waals surface area contributed by atoms with Crippen LogP contribution in [-0.4, -0.2) is 34.3 Å². The number of nitrogens with zero attached hydrogens (tertiary/aromatic N) is 2. The van der Waals surface area contributed by atoms with Crippen LogP contribution in [0.3, 0.4) is 0 Å². The molecule has 1 N–H and O–H groups in total. The first-order valence-electron chi connectivity index (χ1n) is 7.14. The Morgan fingerprint density at radius 2 is 2.14 bits per heavy atom. The molecule has 7 heteroatoms. The summed E-state index contributed by atoms with van der Waals surface area (Å²) in [6, 6.07) is 1.50. The molecule has 2 rings (SSSR count).